The van der Waals surface area contributed by atoms with Gasteiger partial charge in [-0.3, -0.25) is 4.79 Å². The molecule has 0 rings (SSSR count). The van der Waals surface area contributed by atoms with Crippen LogP contribution in [0.1, 0.15) is 20.8 Å². The van der Waals surface area contributed by atoms with Gasteiger partial charge >= 0.3 is 0 Å². The Bertz CT molecular complexity index is 131. The average molecular weight is 176 g/mol. The van der Waals surface area contributed by atoms with Crippen molar-refractivity contribution in [2.75, 3.05) is 0 Å². The molecule has 0 heterocycles. The Morgan fingerprint density at radius 1 is 1.25 bits per heavy atom. The van der Waals surface area contributed by atoms with Gasteiger partial charge in [-0.25, -0.2) is 4.90 Å². The molecule has 3 atom stereocenters. The Morgan fingerprint density at radius 2 is 1.67 bits per heavy atom. The maximum atomic E-state index is 10.1. The largest absolute Gasteiger partial charge is 0.379 e. The third-order valence-corrected chi connectivity index (χ3v) is 1.62. The van der Waals surface area contributed by atoms with Crippen LogP contribution in [0.25, 0.3) is 0 Å². The Kier molecular flexibility index (Phi) is 4.80. The second-order valence-electron chi connectivity index (χ2n) is 2.67. The minimum absolute atomic E-state index is 0.387. The van der Waals surface area contributed by atoms with Gasteiger partial charge in [0.1, 0.15) is 12.5 Å². The number of amides is 1. The van der Waals surface area contributed by atoms with Crippen LogP contribution in [0.15, 0.2) is 0 Å². The topological polar surface area (TPSA) is 72.8 Å². The van der Waals surface area contributed by atoms with E-state index in [0.717, 1.165) is 0 Å². The molecule has 0 saturated carbocycles. The average Bonchev–Trinajstić information content (AvgIpc) is 1.85. The van der Waals surface area contributed by atoms with Gasteiger partial charge in [0.2, 0.25) is 6.41 Å². The standard InChI is InChI=1S/C7H16N2O3/c1-5(8-4-10)9(6(2)11)7(3)12/h4-7,11-12H,1-3H3,(H,8,10). The van der Waals surface area contributed by atoms with Crippen molar-refractivity contribution in [1.82, 2.24) is 10.2 Å². The normalized spacial score (nSPS) is 18.5. The second-order valence-corrected chi connectivity index (χ2v) is 2.67. The van der Waals surface area contributed by atoms with E-state index in [-0.39, 0.29) is 6.17 Å². The molecular formula is C7H16N2O3. The third kappa shape index (κ3) is 3.17. The van der Waals surface area contributed by atoms with E-state index in [1.807, 2.05) is 0 Å². The first kappa shape index (κ1) is 11.4. The molecule has 12 heavy (non-hydrogen) atoms. The maximum absolute atomic E-state index is 10.1. The zero-order chi connectivity index (χ0) is 9.72. The van der Waals surface area contributed by atoms with E-state index < -0.39 is 12.5 Å². The molecule has 5 nitrogen and oxygen atoms in total. The number of carbonyl (C=O) groups is 1. The highest BCUT2D eigenvalue weighted by Gasteiger charge is 2.21. The Morgan fingerprint density at radius 3 is 1.92 bits per heavy atom. The van der Waals surface area contributed by atoms with Crippen LogP contribution >= 0.6 is 0 Å². The molecule has 0 spiro atoms. The lowest BCUT2D eigenvalue weighted by Crippen LogP contribution is -2.51. The van der Waals surface area contributed by atoms with E-state index in [1.54, 1.807) is 6.92 Å². The molecule has 3 unspecified atom stereocenters. The first-order valence-corrected chi connectivity index (χ1v) is 3.84. The summed E-state index contributed by atoms with van der Waals surface area (Å²) in [6.45, 7) is 4.72. The van der Waals surface area contributed by atoms with Gasteiger partial charge in [-0.15, -0.1) is 0 Å². The van der Waals surface area contributed by atoms with E-state index in [1.165, 1.54) is 18.7 Å². The quantitative estimate of drug-likeness (QED) is 0.373. The summed E-state index contributed by atoms with van der Waals surface area (Å²) in [7, 11) is 0. The highest BCUT2D eigenvalue weighted by atomic mass is 16.3. The zero-order valence-corrected chi connectivity index (χ0v) is 7.56. The third-order valence-electron chi connectivity index (χ3n) is 1.62. The lowest BCUT2D eigenvalue weighted by atomic mass is 10.4. The highest BCUT2D eigenvalue weighted by molar-refractivity contribution is 5.46. The number of hydrogen-bond donors (Lipinski definition) is 3. The summed E-state index contributed by atoms with van der Waals surface area (Å²) in [4.78, 5) is 11.4. The molecule has 3 N–H and O–H groups in total. The van der Waals surface area contributed by atoms with Crippen molar-refractivity contribution in [3.63, 3.8) is 0 Å². The minimum Gasteiger partial charge on any atom is -0.379 e. The molecule has 0 aromatic rings. The van der Waals surface area contributed by atoms with Crippen molar-refractivity contribution in [3.05, 3.63) is 0 Å². The van der Waals surface area contributed by atoms with Crippen molar-refractivity contribution in [2.45, 2.75) is 39.4 Å². The molecule has 0 saturated heterocycles. The molecular weight excluding hydrogens is 160 g/mol. The molecule has 5 heteroatoms. The van der Waals surface area contributed by atoms with Crippen molar-refractivity contribution in [1.29, 1.82) is 0 Å². The van der Waals surface area contributed by atoms with Crippen LogP contribution in [0.2, 0.25) is 0 Å². The number of nitrogens with zero attached hydrogens (tertiary/aromatic N) is 1. The van der Waals surface area contributed by atoms with Crippen molar-refractivity contribution >= 4 is 6.41 Å². The number of rotatable bonds is 5. The van der Waals surface area contributed by atoms with Crippen molar-refractivity contribution < 1.29 is 15.0 Å². The lowest BCUT2D eigenvalue weighted by Gasteiger charge is -2.33. The molecule has 0 aliphatic heterocycles. The van der Waals surface area contributed by atoms with E-state index in [0.29, 0.717) is 6.41 Å². The zero-order valence-electron chi connectivity index (χ0n) is 7.56. The van der Waals surface area contributed by atoms with Crippen LogP contribution in [0.3, 0.4) is 0 Å². The van der Waals surface area contributed by atoms with Crippen molar-refractivity contribution in [2.24, 2.45) is 0 Å². The molecule has 1 amide bonds. The number of aliphatic hydroxyl groups excluding tert-OH is 2. The van der Waals surface area contributed by atoms with Gasteiger partial charge < -0.3 is 15.5 Å². The summed E-state index contributed by atoms with van der Waals surface area (Å²) in [6, 6.07) is 0. The van der Waals surface area contributed by atoms with E-state index in [4.69, 9.17) is 0 Å². The number of hydrogen-bond acceptors (Lipinski definition) is 4. The molecule has 0 aliphatic carbocycles. The predicted molar refractivity (Wildman–Crippen MR) is 43.9 cm³/mol. The maximum Gasteiger partial charge on any atom is 0.208 e. The van der Waals surface area contributed by atoms with Gasteiger partial charge in [-0.1, -0.05) is 0 Å². The fourth-order valence-electron chi connectivity index (χ4n) is 1.14. The van der Waals surface area contributed by atoms with E-state index in [2.05, 4.69) is 5.32 Å². The summed E-state index contributed by atoms with van der Waals surface area (Å²) >= 11 is 0. The molecule has 0 aromatic heterocycles. The van der Waals surface area contributed by atoms with Gasteiger partial charge in [-0.2, -0.15) is 0 Å². The molecule has 0 aromatic carbocycles. The summed E-state index contributed by atoms with van der Waals surface area (Å²) in [5.74, 6) is 0. The summed E-state index contributed by atoms with van der Waals surface area (Å²) < 4.78 is 0. The van der Waals surface area contributed by atoms with Crippen LogP contribution in [-0.4, -0.2) is 40.1 Å². The van der Waals surface area contributed by atoms with Crippen LogP contribution < -0.4 is 5.32 Å². The van der Waals surface area contributed by atoms with Gasteiger partial charge in [0, 0.05) is 0 Å². The molecule has 0 fully saturated rings. The lowest BCUT2D eigenvalue weighted by molar-refractivity contribution is -0.125. The SMILES string of the molecule is CC(O)N(C(C)O)C(C)NC=O. The summed E-state index contributed by atoms with van der Waals surface area (Å²) in [5, 5.41) is 20.8. The first-order valence-electron chi connectivity index (χ1n) is 3.84. The predicted octanol–water partition coefficient (Wildman–Crippen LogP) is -0.943. The summed E-state index contributed by atoms with van der Waals surface area (Å²) in [6.07, 6.45) is -1.45. The number of aliphatic hydroxyl groups is 2. The smallest absolute Gasteiger partial charge is 0.208 e. The highest BCUT2D eigenvalue weighted by Crippen LogP contribution is 2.04. The van der Waals surface area contributed by atoms with E-state index >= 15 is 0 Å². The van der Waals surface area contributed by atoms with Crippen LogP contribution in [0, 0.1) is 0 Å². The number of nitrogens with one attached hydrogen (secondary N) is 1. The van der Waals surface area contributed by atoms with Crippen LogP contribution in [0.4, 0.5) is 0 Å². The van der Waals surface area contributed by atoms with Crippen molar-refractivity contribution in [3.8, 4) is 0 Å². The molecule has 0 aliphatic rings. The summed E-state index contributed by atoms with van der Waals surface area (Å²) in [5.41, 5.74) is 0. The van der Waals surface area contributed by atoms with Gasteiger partial charge in [0.05, 0.1) is 6.17 Å². The van der Waals surface area contributed by atoms with Gasteiger partial charge in [-0.05, 0) is 20.8 Å². The fraction of sp³-hybridized carbons (Fsp3) is 0.857. The second kappa shape index (κ2) is 5.08. The minimum atomic E-state index is -0.799. The monoisotopic (exact) mass is 176 g/mol. The molecule has 72 valence electrons. The van der Waals surface area contributed by atoms with Crippen LogP contribution in [-0.2, 0) is 4.79 Å². The fourth-order valence-corrected chi connectivity index (χ4v) is 1.14. The molecule has 0 radical (unpaired) electrons. The Balaban J connectivity index is 4.18. The molecule has 0 bridgehead atoms. The van der Waals surface area contributed by atoms with Crippen LogP contribution in [0.5, 0.6) is 0 Å². The van der Waals surface area contributed by atoms with Gasteiger partial charge in [0.15, 0.2) is 0 Å². The number of carbonyl (C=O) groups excluding carboxylic acids is 1. The first-order chi connectivity index (χ1) is 5.50. The van der Waals surface area contributed by atoms with E-state index in [9.17, 15) is 15.0 Å². The van der Waals surface area contributed by atoms with Gasteiger partial charge in [0.25, 0.3) is 0 Å². The Labute approximate surface area is 72.0 Å². The Hall–Kier alpha value is -0.650.